The smallest absolute Gasteiger partial charge is 0.332 e. The van der Waals surface area contributed by atoms with Crippen molar-refractivity contribution in [1.82, 2.24) is 14.5 Å². The minimum absolute atomic E-state index is 0.0738. The van der Waals surface area contributed by atoms with Gasteiger partial charge >= 0.3 is 11.7 Å². The highest BCUT2D eigenvalue weighted by atomic mass is 32.1. The zero-order valence-corrected chi connectivity index (χ0v) is 20.5. The van der Waals surface area contributed by atoms with Crippen molar-refractivity contribution < 1.29 is 23.8 Å². The lowest BCUT2D eigenvalue weighted by Crippen LogP contribution is -2.41. The fourth-order valence-corrected chi connectivity index (χ4v) is 4.79. The molecule has 0 atom stereocenters. The van der Waals surface area contributed by atoms with E-state index < -0.39 is 17.2 Å². The number of thiophene rings is 1. The summed E-state index contributed by atoms with van der Waals surface area (Å²) in [7, 11) is 0. The Labute approximate surface area is 214 Å². The van der Waals surface area contributed by atoms with E-state index in [0.717, 1.165) is 15.7 Å². The van der Waals surface area contributed by atoms with Gasteiger partial charge in [0.1, 0.15) is 17.9 Å². The molecule has 0 aliphatic carbocycles. The Bertz CT molecular complexity index is 1570. The number of aromatic nitrogens is 2. The van der Waals surface area contributed by atoms with Crippen molar-refractivity contribution in [3.63, 3.8) is 0 Å². The molecule has 0 fully saturated rings. The molecular weight excluding hydrogens is 498 g/mol. The summed E-state index contributed by atoms with van der Waals surface area (Å²) in [5.41, 5.74) is 0.843. The molecule has 0 radical (unpaired) electrons. The molecule has 1 N–H and O–H groups in total. The van der Waals surface area contributed by atoms with Gasteiger partial charge in [-0.15, -0.1) is 11.3 Å². The van der Waals surface area contributed by atoms with E-state index in [1.54, 1.807) is 23.6 Å². The molecule has 2 aromatic carbocycles. The van der Waals surface area contributed by atoms with Gasteiger partial charge in [0.05, 0.1) is 5.52 Å². The first-order valence-corrected chi connectivity index (χ1v) is 12.4. The number of carbonyl (C=O) groups excluding carboxylic acids is 2. The molecule has 10 nitrogen and oxygen atoms in total. The normalized spacial score (nSPS) is 12.0. The van der Waals surface area contributed by atoms with Crippen LogP contribution in [0.15, 0.2) is 69.6 Å². The quantitative estimate of drug-likeness (QED) is 0.336. The number of fused-ring (bicyclic) bond motifs is 2. The summed E-state index contributed by atoms with van der Waals surface area (Å²) < 4.78 is 18.5. The third-order valence-electron chi connectivity index (χ3n) is 5.86. The number of nitrogens with one attached hydrogen (secondary N) is 1. The molecular formula is C26H23N3O7S. The lowest BCUT2D eigenvalue weighted by atomic mass is 10.2. The average molecular weight is 522 g/mol. The van der Waals surface area contributed by atoms with Crippen LogP contribution in [0.5, 0.6) is 11.5 Å². The number of amides is 1. The molecule has 3 heterocycles. The lowest BCUT2D eigenvalue weighted by molar-refractivity contribution is -0.145. The van der Waals surface area contributed by atoms with Crippen LogP contribution in [0.2, 0.25) is 0 Å². The van der Waals surface area contributed by atoms with Gasteiger partial charge in [-0.25, -0.2) is 4.79 Å². The predicted molar refractivity (Wildman–Crippen MR) is 136 cm³/mol. The van der Waals surface area contributed by atoms with Gasteiger partial charge in [0, 0.05) is 19.5 Å². The number of hydrogen-bond donors (Lipinski definition) is 1. The Morgan fingerprint density at radius 2 is 1.78 bits per heavy atom. The average Bonchev–Trinajstić information content (AvgIpc) is 3.59. The first-order valence-electron chi connectivity index (χ1n) is 11.6. The van der Waals surface area contributed by atoms with Crippen molar-refractivity contribution >= 4 is 33.4 Å². The van der Waals surface area contributed by atoms with Gasteiger partial charge in [0.2, 0.25) is 12.7 Å². The minimum Gasteiger partial charge on any atom is -0.459 e. The molecule has 11 heteroatoms. The molecule has 0 unspecified atom stereocenters. The second-order valence-electron chi connectivity index (χ2n) is 8.32. The van der Waals surface area contributed by atoms with Crippen molar-refractivity contribution in [2.24, 2.45) is 0 Å². The lowest BCUT2D eigenvalue weighted by Gasteiger charge is -2.12. The first kappa shape index (κ1) is 24.3. The first-order chi connectivity index (χ1) is 18.0. The third-order valence-corrected chi connectivity index (χ3v) is 6.75. The Kier molecular flexibility index (Phi) is 7.04. The van der Waals surface area contributed by atoms with Gasteiger partial charge in [0.25, 0.3) is 5.56 Å². The molecule has 1 amide bonds. The van der Waals surface area contributed by atoms with E-state index in [4.69, 9.17) is 14.2 Å². The number of benzene rings is 2. The maximum atomic E-state index is 13.2. The number of nitrogens with zero attached hydrogens (tertiary/aromatic N) is 2. The van der Waals surface area contributed by atoms with Crippen LogP contribution in [0.3, 0.4) is 0 Å². The largest absolute Gasteiger partial charge is 0.459 e. The van der Waals surface area contributed by atoms with E-state index >= 15 is 0 Å². The van der Waals surface area contributed by atoms with Crippen LogP contribution in [0.25, 0.3) is 10.2 Å². The molecule has 0 bridgehead atoms. The van der Waals surface area contributed by atoms with Gasteiger partial charge in [-0.05, 0) is 34.7 Å². The van der Waals surface area contributed by atoms with Gasteiger partial charge in [-0.3, -0.25) is 23.5 Å². The van der Waals surface area contributed by atoms with E-state index in [1.165, 1.54) is 15.9 Å². The topological polar surface area (TPSA) is 118 Å². The molecule has 190 valence electrons. The number of ether oxygens (including phenoxy) is 3. The predicted octanol–water partition coefficient (Wildman–Crippen LogP) is 2.40. The summed E-state index contributed by atoms with van der Waals surface area (Å²) in [6, 6.07) is 16.2. The Balaban J connectivity index is 1.26. The summed E-state index contributed by atoms with van der Waals surface area (Å²) in [6.45, 7) is 0.0139. The van der Waals surface area contributed by atoms with Crippen LogP contribution >= 0.6 is 11.3 Å². The van der Waals surface area contributed by atoms with Crippen molar-refractivity contribution in [3.8, 4) is 11.5 Å². The van der Waals surface area contributed by atoms with E-state index in [2.05, 4.69) is 5.32 Å². The maximum Gasteiger partial charge on any atom is 0.332 e. The summed E-state index contributed by atoms with van der Waals surface area (Å²) in [5.74, 6) is 0.332. The summed E-state index contributed by atoms with van der Waals surface area (Å²) in [5, 5.41) is 4.46. The van der Waals surface area contributed by atoms with Crippen molar-refractivity contribution in [2.45, 2.75) is 32.7 Å². The van der Waals surface area contributed by atoms with Crippen molar-refractivity contribution in [2.75, 3.05) is 6.79 Å². The maximum absolute atomic E-state index is 13.2. The van der Waals surface area contributed by atoms with Gasteiger partial charge in [-0.1, -0.05) is 36.4 Å². The molecule has 4 aromatic rings. The van der Waals surface area contributed by atoms with Crippen LogP contribution in [0.4, 0.5) is 0 Å². The molecule has 37 heavy (non-hydrogen) atoms. The zero-order valence-electron chi connectivity index (χ0n) is 19.7. The number of carbonyl (C=O) groups is 2. The Morgan fingerprint density at radius 1 is 0.973 bits per heavy atom. The molecule has 1 aliphatic heterocycles. The molecule has 0 saturated carbocycles. The van der Waals surface area contributed by atoms with E-state index in [1.807, 2.05) is 36.4 Å². The summed E-state index contributed by atoms with van der Waals surface area (Å²) in [6.07, 6.45) is -0.0883. The number of rotatable bonds is 9. The van der Waals surface area contributed by atoms with E-state index in [0.29, 0.717) is 21.7 Å². The van der Waals surface area contributed by atoms with Crippen LogP contribution in [-0.4, -0.2) is 27.8 Å². The van der Waals surface area contributed by atoms with E-state index in [-0.39, 0.29) is 45.4 Å². The monoisotopic (exact) mass is 521 g/mol. The zero-order chi connectivity index (χ0) is 25.8. The molecule has 0 saturated heterocycles. The Hall–Kier alpha value is -4.38. The standard InChI is InChI=1S/C26H23N3O7S/c30-22(27-13-18-6-7-20-21(12-18)36-16-35-20)8-10-28-25(32)24-19(9-11-37-24)29(26(28)33)14-23(31)34-15-17-4-2-1-3-5-17/h1-7,9,11-12H,8,10,13-16H2,(H,27,30). The van der Waals surface area contributed by atoms with Crippen LogP contribution in [-0.2, 0) is 40.6 Å². The van der Waals surface area contributed by atoms with Crippen molar-refractivity contribution in [1.29, 1.82) is 0 Å². The number of hydrogen-bond acceptors (Lipinski definition) is 8. The number of esters is 1. The fraction of sp³-hybridized carbons (Fsp3) is 0.231. The highest BCUT2D eigenvalue weighted by molar-refractivity contribution is 7.17. The van der Waals surface area contributed by atoms with Crippen molar-refractivity contribution in [3.05, 3.63) is 91.9 Å². The highest BCUT2D eigenvalue weighted by Gasteiger charge is 2.18. The second-order valence-corrected chi connectivity index (χ2v) is 9.24. The molecule has 1 aliphatic rings. The highest BCUT2D eigenvalue weighted by Crippen LogP contribution is 2.32. The second kappa shape index (κ2) is 10.7. The van der Waals surface area contributed by atoms with Crippen LogP contribution < -0.4 is 26.0 Å². The summed E-state index contributed by atoms with van der Waals surface area (Å²) >= 11 is 1.17. The van der Waals surface area contributed by atoms with Gasteiger partial charge in [0.15, 0.2) is 11.5 Å². The van der Waals surface area contributed by atoms with Gasteiger partial charge in [-0.2, -0.15) is 0 Å². The third kappa shape index (κ3) is 5.41. The minimum atomic E-state index is -0.670. The van der Waals surface area contributed by atoms with Gasteiger partial charge < -0.3 is 19.5 Å². The molecule has 2 aromatic heterocycles. The van der Waals surface area contributed by atoms with E-state index in [9.17, 15) is 19.2 Å². The fourth-order valence-electron chi connectivity index (χ4n) is 3.95. The van der Waals surface area contributed by atoms with Crippen LogP contribution in [0.1, 0.15) is 17.5 Å². The summed E-state index contributed by atoms with van der Waals surface area (Å²) in [4.78, 5) is 51.1. The Morgan fingerprint density at radius 3 is 2.62 bits per heavy atom. The molecule has 5 rings (SSSR count). The van der Waals surface area contributed by atoms with Crippen LogP contribution in [0, 0.1) is 0 Å². The SMILES string of the molecule is O=C(CCn1c(=O)c2sccc2n(CC(=O)OCc2ccccc2)c1=O)NCc1ccc2c(c1)OCO2. The molecule has 0 spiro atoms.